The van der Waals surface area contributed by atoms with Crippen LogP contribution in [-0.2, 0) is 10.0 Å². The molecule has 0 spiro atoms. The number of ether oxygens (including phenoxy) is 1. The number of hydrogen-bond acceptors (Lipinski definition) is 3. The number of sulfonamides is 1. The molecule has 0 N–H and O–H groups in total. The molecule has 0 heterocycles. The largest absolute Gasteiger partial charge is 0.438 e. The van der Waals surface area contributed by atoms with Crippen molar-refractivity contribution in [3.8, 4) is 5.75 Å². The third kappa shape index (κ3) is 4.50. The molecule has 0 aliphatic heterocycles. The van der Waals surface area contributed by atoms with E-state index in [9.17, 15) is 8.42 Å². The molecule has 3 rings (SSSR count). The first kappa shape index (κ1) is 18.2. The minimum atomic E-state index is -3.95. The Labute approximate surface area is 157 Å². The second-order valence-corrected chi connectivity index (χ2v) is 7.65. The van der Waals surface area contributed by atoms with Gasteiger partial charge in [-0.1, -0.05) is 41.9 Å². The molecule has 4 nitrogen and oxygen atoms in total. The van der Waals surface area contributed by atoms with Gasteiger partial charge < -0.3 is 4.74 Å². The molecule has 3 aromatic carbocycles. The van der Waals surface area contributed by atoms with E-state index in [1.54, 1.807) is 30.3 Å². The zero-order valence-corrected chi connectivity index (χ0v) is 15.5. The first-order valence-electron chi connectivity index (χ1n) is 7.84. The molecule has 3 aromatic rings. The molecule has 6 heteroatoms. The van der Waals surface area contributed by atoms with Gasteiger partial charge in [0.05, 0.1) is 4.90 Å². The lowest BCUT2D eigenvalue weighted by atomic mass is 10.2. The van der Waals surface area contributed by atoms with Crippen LogP contribution in [0.15, 0.2) is 88.2 Å². The number of aryl methyl sites for hydroxylation is 1. The number of hydrogen-bond donors (Lipinski definition) is 0. The molecule has 26 heavy (non-hydrogen) atoms. The summed E-state index contributed by atoms with van der Waals surface area (Å²) in [7, 11) is -3.95. The minimum absolute atomic E-state index is 0.00569. The predicted molar refractivity (Wildman–Crippen MR) is 103 cm³/mol. The maximum Gasteiger partial charge on any atom is 0.285 e. The van der Waals surface area contributed by atoms with Crippen molar-refractivity contribution in [3.63, 3.8) is 0 Å². The van der Waals surface area contributed by atoms with Gasteiger partial charge in [-0.2, -0.15) is 8.42 Å². The van der Waals surface area contributed by atoms with Gasteiger partial charge in [0, 0.05) is 10.6 Å². The van der Waals surface area contributed by atoms with Gasteiger partial charge in [0.15, 0.2) is 0 Å². The summed E-state index contributed by atoms with van der Waals surface area (Å²) >= 11 is 5.83. The van der Waals surface area contributed by atoms with E-state index in [0.717, 1.165) is 5.56 Å². The SMILES string of the molecule is Cc1cccc(O/C(=N\S(=O)(=O)c2ccc(Cl)cc2)c2ccccc2)c1. The van der Waals surface area contributed by atoms with Gasteiger partial charge in [0.2, 0.25) is 5.90 Å². The van der Waals surface area contributed by atoms with Gasteiger partial charge in [0.1, 0.15) is 5.75 Å². The summed E-state index contributed by atoms with van der Waals surface area (Å²) in [6.45, 7) is 1.93. The highest BCUT2D eigenvalue weighted by atomic mass is 35.5. The van der Waals surface area contributed by atoms with E-state index < -0.39 is 10.0 Å². The van der Waals surface area contributed by atoms with E-state index in [1.807, 2.05) is 31.2 Å². The molecular formula is C20H16ClNO3S. The lowest BCUT2D eigenvalue weighted by Crippen LogP contribution is -2.13. The molecule has 0 aromatic heterocycles. The van der Waals surface area contributed by atoms with Crippen LogP contribution in [0.1, 0.15) is 11.1 Å². The highest BCUT2D eigenvalue weighted by molar-refractivity contribution is 7.90. The van der Waals surface area contributed by atoms with Gasteiger partial charge >= 0.3 is 0 Å². The molecule has 132 valence electrons. The van der Waals surface area contributed by atoms with Crippen LogP contribution in [0.3, 0.4) is 0 Å². The Balaban J connectivity index is 2.05. The summed E-state index contributed by atoms with van der Waals surface area (Å²) in [5.74, 6) is 0.519. The fourth-order valence-corrected chi connectivity index (χ4v) is 3.34. The molecular weight excluding hydrogens is 370 g/mol. The average Bonchev–Trinajstić information content (AvgIpc) is 2.62. The van der Waals surface area contributed by atoms with E-state index >= 15 is 0 Å². The van der Waals surface area contributed by atoms with Crippen LogP contribution < -0.4 is 4.74 Å². The summed E-state index contributed by atoms with van der Waals surface area (Å²) in [4.78, 5) is 0.0446. The van der Waals surface area contributed by atoms with Crippen molar-refractivity contribution < 1.29 is 13.2 Å². The zero-order valence-electron chi connectivity index (χ0n) is 14.0. The van der Waals surface area contributed by atoms with Crippen molar-refractivity contribution >= 4 is 27.5 Å². The smallest absolute Gasteiger partial charge is 0.285 e. The van der Waals surface area contributed by atoms with Gasteiger partial charge in [0.25, 0.3) is 10.0 Å². The first-order chi connectivity index (χ1) is 12.4. The van der Waals surface area contributed by atoms with Crippen molar-refractivity contribution in [1.29, 1.82) is 0 Å². The Bertz CT molecular complexity index is 1030. The normalized spacial score (nSPS) is 12.0. The topological polar surface area (TPSA) is 55.7 Å². The number of halogens is 1. The molecule has 0 fully saturated rings. The molecule has 0 radical (unpaired) electrons. The molecule has 0 bridgehead atoms. The highest BCUT2D eigenvalue weighted by Crippen LogP contribution is 2.20. The molecule has 0 aliphatic carbocycles. The first-order valence-corrected chi connectivity index (χ1v) is 9.66. The molecule has 0 saturated heterocycles. The Morgan fingerprint density at radius 2 is 1.62 bits per heavy atom. The summed E-state index contributed by atoms with van der Waals surface area (Å²) in [5.41, 5.74) is 1.56. The van der Waals surface area contributed by atoms with E-state index in [-0.39, 0.29) is 10.8 Å². The average molecular weight is 386 g/mol. The zero-order chi connectivity index (χ0) is 18.6. The van der Waals surface area contributed by atoms with Crippen LogP contribution in [0, 0.1) is 6.92 Å². The second-order valence-electron chi connectivity index (χ2n) is 5.61. The maximum atomic E-state index is 12.7. The van der Waals surface area contributed by atoms with Crippen LogP contribution in [-0.4, -0.2) is 14.3 Å². The lowest BCUT2D eigenvalue weighted by Gasteiger charge is -2.10. The van der Waals surface area contributed by atoms with E-state index in [4.69, 9.17) is 16.3 Å². The van der Waals surface area contributed by atoms with E-state index in [1.165, 1.54) is 24.3 Å². The fraction of sp³-hybridized carbons (Fsp3) is 0.0500. The third-order valence-corrected chi connectivity index (χ3v) is 5.07. The fourth-order valence-electron chi connectivity index (χ4n) is 2.27. The molecule has 0 atom stereocenters. The van der Waals surface area contributed by atoms with Crippen LogP contribution in [0.2, 0.25) is 5.02 Å². The molecule has 0 saturated carbocycles. The Morgan fingerprint density at radius 3 is 2.27 bits per heavy atom. The molecule has 0 aliphatic rings. The molecule has 0 unspecified atom stereocenters. The van der Waals surface area contributed by atoms with E-state index in [0.29, 0.717) is 16.3 Å². The number of rotatable bonds is 4. The minimum Gasteiger partial charge on any atom is -0.438 e. The Kier molecular flexibility index (Phi) is 5.40. The highest BCUT2D eigenvalue weighted by Gasteiger charge is 2.17. The van der Waals surface area contributed by atoms with Crippen LogP contribution in [0.4, 0.5) is 0 Å². The number of benzene rings is 3. The van der Waals surface area contributed by atoms with Gasteiger partial charge in [-0.15, -0.1) is 4.40 Å². The van der Waals surface area contributed by atoms with Crippen molar-refractivity contribution in [1.82, 2.24) is 0 Å². The van der Waals surface area contributed by atoms with Crippen LogP contribution in [0.5, 0.6) is 5.75 Å². The summed E-state index contributed by atoms with van der Waals surface area (Å²) in [5, 5.41) is 0.451. The summed E-state index contributed by atoms with van der Waals surface area (Å²) in [6.07, 6.45) is 0. The van der Waals surface area contributed by atoms with Gasteiger partial charge in [-0.25, -0.2) is 0 Å². The van der Waals surface area contributed by atoms with Gasteiger partial charge in [-0.3, -0.25) is 0 Å². The van der Waals surface area contributed by atoms with Crippen LogP contribution >= 0.6 is 11.6 Å². The lowest BCUT2D eigenvalue weighted by molar-refractivity contribution is 0.550. The van der Waals surface area contributed by atoms with Crippen molar-refractivity contribution in [3.05, 3.63) is 95.0 Å². The Hall–Kier alpha value is -2.63. The third-order valence-electron chi connectivity index (χ3n) is 3.54. The van der Waals surface area contributed by atoms with Crippen LogP contribution in [0.25, 0.3) is 0 Å². The quantitative estimate of drug-likeness (QED) is 0.476. The van der Waals surface area contributed by atoms with Crippen molar-refractivity contribution in [2.75, 3.05) is 0 Å². The monoisotopic (exact) mass is 385 g/mol. The standard InChI is InChI=1S/C20H16ClNO3S/c1-15-6-5-9-18(14-15)25-20(16-7-3-2-4-8-16)22-26(23,24)19-12-10-17(21)11-13-19/h2-14H,1H3/b22-20-. The Morgan fingerprint density at radius 1 is 0.923 bits per heavy atom. The van der Waals surface area contributed by atoms with Crippen molar-refractivity contribution in [2.24, 2.45) is 4.40 Å². The predicted octanol–water partition coefficient (Wildman–Crippen LogP) is 4.86. The van der Waals surface area contributed by atoms with E-state index in [2.05, 4.69) is 4.40 Å². The van der Waals surface area contributed by atoms with Crippen molar-refractivity contribution in [2.45, 2.75) is 11.8 Å². The van der Waals surface area contributed by atoms with Gasteiger partial charge in [-0.05, 0) is 61.0 Å². The summed E-state index contributed by atoms with van der Waals surface area (Å²) < 4.78 is 35.1. The second kappa shape index (κ2) is 7.72. The summed E-state index contributed by atoms with van der Waals surface area (Å²) in [6, 6.07) is 22.1. The number of nitrogens with zero attached hydrogens (tertiary/aromatic N) is 1. The molecule has 0 amide bonds. The maximum absolute atomic E-state index is 12.7.